The van der Waals surface area contributed by atoms with Crippen LogP contribution in [-0.4, -0.2) is 5.43 Å². The molecule has 8 saturated carbocycles. The zero-order valence-corrected chi connectivity index (χ0v) is 46.5. The summed E-state index contributed by atoms with van der Waals surface area (Å²) in [5, 5.41) is 5.74. The van der Waals surface area contributed by atoms with E-state index >= 15 is 0 Å². The van der Waals surface area contributed by atoms with Crippen molar-refractivity contribution in [1.29, 1.82) is 0 Å². The Morgan fingerprint density at radius 1 is 0.485 bits per heavy atom. The smallest absolute Gasteiger partial charge is 1.00 e. The van der Waals surface area contributed by atoms with Crippen LogP contribution in [0.15, 0.2) is 109 Å². The number of hydrogen-bond acceptors (Lipinski definition) is 0. The van der Waals surface area contributed by atoms with E-state index in [2.05, 4.69) is 164 Å². The van der Waals surface area contributed by atoms with Crippen LogP contribution in [0.3, 0.4) is 0 Å². The fourth-order valence-electron chi connectivity index (χ4n) is 15.5. The predicted molar refractivity (Wildman–Crippen MR) is 273 cm³/mol. The average molecular weight is 1010 g/mol. The van der Waals surface area contributed by atoms with Gasteiger partial charge in [-0.1, -0.05) is 113 Å². The number of benzene rings is 4. The van der Waals surface area contributed by atoms with E-state index in [4.69, 9.17) is 0 Å². The summed E-state index contributed by atoms with van der Waals surface area (Å²) in [7, 11) is 0. The van der Waals surface area contributed by atoms with Crippen LogP contribution in [0.1, 0.15) is 141 Å². The molecule has 8 bridgehead atoms. The molecular weight excluding hydrogens is 935 g/mol. The molecule has 0 aliphatic heterocycles. The van der Waals surface area contributed by atoms with Crippen LogP contribution in [-0.2, 0) is 47.0 Å². The summed E-state index contributed by atoms with van der Waals surface area (Å²) < 4.78 is 0. The van der Waals surface area contributed by atoms with Gasteiger partial charge in [-0.15, -0.1) is 69.1 Å². The molecule has 8 aliphatic carbocycles. The van der Waals surface area contributed by atoms with Gasteiger partial charge in [0.2, 0.25) is 0 Å². The first-order valence-electron chi connectivity index (χ1n) is 25.6. The van der Waals surface area contributed by atoms with Gasteiger partial charge >= 0.3 is 41.9 Å². The van der Waals surface area contributed by atoms with E-state index in [0.29, 0.717) is 10.8 Å². The van der Waals surface area contributed by atoms with Crippen molar-refractivity contribution in [2.24, 2.45) is 46.3 Å². The van der Waals surface area contributed by atoms with E-state index < -0.39 is 0 Å². The van der Waals surface area contributed by atoms with Crippen molar-refractivity contribution in [3.05, 3.63) is 131 Å². The standard InChI is InChI=1S/2C30H35.C2H6Si.2ClH.Zr/c2*1-29(2,3)26-9-7-24(8-10-26)27-6-4-5-25-14-23(15-28(25)27)19-30-16-20-11-21(17-30)13-22(12-20)18-30;1-3-2;;;/h2*4-10,14-15,20-22H,11-13,16-19H2,1-3H3;1-2H3;2*1H;/q2*-1;;;;+2/p-2. The monoisotopic (exact) mass is 1010 g/mol. The SMILES string of the molecule is CC(C)(C)c1ccc(-c2cccc3[cH-]c(CC45CC6CC(CC(C6)C4)C5)cc23)cc1.CC(C)(C)c1ccc(-c2cccc3[cH-]c(CC45CC6CC(CC(C6)C4)C5)cc23)cc1.C[Si](C)=[Zr+2].[Cl-].[Cl-]. The molecule has 0 heterocycles. The maximum Gasteiger partial charge on any atom is -1.00 e. The zero-order chi connectivity index (χ0) is 44.6. The Balaban J connectivity index is 0.000000162. The largest absolute Gasteiger partial charge is 1.00 e. The Kier molecular flexibility index (Phi) is 14.8. The second kappa shape index (κ2) is 19.5. The topological polar surface area (TPSA) is 0 Å². The van der Waals surface area contributed by atoms with Crippen LogP contribution in [0.25, 0.3) is 43.8 Å². The van der Waals surface area contributed by atoms with Crippen molar-refractivity contribution in [1.82, 2.24) is 0 Å². The summed E-state index contributed by atoms with van der Waals surface area (Å²) in [4.78, 5) is 0. The summed E-state index contributed by atoms with van der Waals surface area (Å²) >= 11 is 1.74. The maximum atomic E-state index is 2.53. The summed E-state index contributed by atoms with van der Waals surface area (Å²) in [5.74, 6) is 6.24. The molecule has 0 atom stereocenters. The van der Waals surface area contributed by atoms with Gasteiger partial charge in [-0.3, -0.25) is 0 Å². The molecule has 0 radical (unpaired) electrons. The first kappa shape index (κ1) is 50.2. The zero-order valence-electron chi connectivity index (χ0n) is 41.5. The van der Waals surface area contributed by atoms with E-state index in [9.17, 15) is 0 Å². The molecule has 0 nitrogen and oxygen atoms in total. The number of hydrogen-bond donors (Lipinski definition) is 0. The normalized spacial score (nSPS) is 28.0. The van der Waals surface area contributed by atoms with E-state index in [0.717, 1.165) is 35.5 Å². The third-order valence-corrected chi connectivity index (χ3v) is 17.2. The Bertz CT molecular complexity index is 2370. The fraction of sp³-hybridized carbons (Fsp3) is 0.516. The first-order chi connectivity index (χ1) is 30.5. The van der Waals surface area contributed by atoms with Gasteiger partial charge in [-0.05, 0) is 169 Å². The van der Waals surface area contributed by atoms with Gasteiger partial charge in [0, 0.05) is 0 Å². The fourth-order valence-corrected chi connectivity index (χ4v) is 15.5. The number of fused-ring (bicyclic) bond motifs is 2. The molecule has 0 saturated heterocycles. The van der Waals surface area contributed by atoms with E-state index in [-0.39, 0.29) is 41.1 Å². The molecular formula is C62H76Cl2SiZr-2. The van der Waals surface area contributed by atoms with Crippen molar-refractivity contribution in [3.8, 4) is 22.3 Å². The maximum absolute atomic E-state index is 2.53. The van der Waals surface area contributed by atoms with Gasteiger partial charge < -0.3 is 24.8 Å². The Labute approximate surface area is 427 Å². The van der Waals surface area contributed by atoms with E-state index in [1.165, 1.54) is 145 Å². The minimum absolute atomic E-state index is 0. The molecule has 8 fully saturated rings. The number of halogens is 2. The summed E-state index contributed by atoms with van der Waals surface area (Å²) in [5.41, 5.74) is 13.3. The van der Waals surface area contributed by atoms with Gasteiger partial charge in [0.1, 0.15) is 0 Å². The minimum atomic E-state index is 0. The average Bonchev–Trinajstić information content (AvgIpc) is 3.82. The van der Waals surface area contributed by atoms with Crippen LogP contribution in [0, 0.1) is 46.3 Å². The minimum Gasteiger partial charge on any atom is -1.00 e. The van der Waals surface area contributed by atoms with Gasteiger partial charge in [-0.2, -0.15) is 12.1 Å². The van der Waals surface area contributed by atoms with Gasteiger partial charge in [-0.25, -0.2) is 0 Å². The van der Waals surface area contributed by atoms with E-state index in [1.807, 2.05) is 0 Å². The van der Waals surface area contributed by atoms with Gasteiger partial charge in [0.25, 0.3) is 0 Å². The Hall–Kier alpha value is -2.22. The van der Waals surface area contributed by atoms with Crippen LogP contribution < -0.4 is 24.8 Å². The van der Waals surface area contributed by atoms with Gasteiger partial charge in [0.15, 0.2) is 0 Å². The van der Waals surface area contributed by atoms with Crippen molar-refractivity contribution in [2.45, 2.75) is 155 Å². The third kappa shape index (κ3) is 10.7. The van der Waals surface area contributed by atoms with Crippen molar-refractivity contribution in [3.63, 3.8) is 0 Å². The van der Waals surface area contributed by atoms with Crippen LogP contribution in [0.2, 0.25) is 13.1 Å². The number of rotatable bonds is 6. The van der Waals surface area contributed by atoms with E-state index in [1.54, 1.807) is 34.5 Å². The molecule has 348 valence electrons. The van der Waals surface area contributed by atoms with Crippen LogP contribution >= 0.6 is 0 Å². The molecule has 0 amide bonds. The summed E-state index contributed by atoms with van der Waals surface area (Å²) in [6.45, 7) is 18.3. The summed E-state index contributed by atoms with van der Waals surface area (Å²) in [6, 6.07) is 42.3. The molecule has 0 N–H and O–H groups in total. The molecule has 66 heavy (non-hydrogen) atoms. The molecule has 14 rings (SSSR count). The Morgan fingerprint density at radius 2 is 0.773 bits per heavy atom. The van der Waals surface area contributed by atoms with Crippen LogP contribution in [0.5, 0.6) is 0 Å². The van der Waals surface area contributed by atoms with Crippen molar-refractivity contribution < 1.29 is 48.1 Å². The molecule has 0 unspecified atom stereocenters. The molecule has 4 heteroatoms. The second-order valence-electron chi connectivity index (χ2n) is 25.2. The molecule has 8 aliphatic rings. The van der Waals surface area contributed by atoms with Crippen LogP contribution in [0.4, 0.5) is 0 Å². The summed E-state index contributed by atoms with van der Waals surface area (Å²) in [6.07, 6.45) is 20.9. The van der Waals surface area contributed by atoms with Gasteiger partial charge in [0.05, 0.1) is 0 Å². The molecule has 0 aromatic heterocycles. The predicted octanol–water partition coefficient (Wildman–Crippen LogP) is 11.4. The third-order valence-electron chi connectivity index (χ3n) is 17.2. The second-order valence-corrected chi connectivity index (χ2v) is 34.6. The molecule has 6 aromatic rings. The van der Waals surface area contributed by atoms with Crippen molar-refractivity contribution in [2.75, 3.05) is 0 Å². The molecule has 0 spiro atoms. The molecule has 6 aromatic carbocycles. The first-order valence-corrected chi connectivity index (χ1v) is 31.8. The Morgan fingerprint density at radius 3 is 1.05 bits per heavy atom. The quantitative estimate of drug-likeness (QED) is 0.115. The van der Waals surface area contributed by atoms with Crippen molar-refractivity contribution >= 4 is 27.0 Å².